The number of aromatic nitrogens is 2. The lowest BCUT2D eigenvalue weighted by Gasteiger charge is -2.09. The number of amides is 1. The minimum absolute atomic E-state index is 0.141. The Balaban J connectivity index is 1.67. The molecule has 1 aliphatic rings. The van der Waals surface area contributed by atoms with Gasteiger partial charge in [-0.25, -0.2) is 0 Å². The Morgan fingerprint density at radius 2 is 2.23 bits per heavy atom. The number of aromatic amines is 1. The third-order valence-corrected chi connectivity index (χ3v) is 4.14. The Kier molecular flexibility index (Phi) is 4.24. The number of rotatable bonds is 4. The van der Waals surface area contributed by atoms with Crippen LogP contribution < -0.4 is 5.32 Å². The average molecular weight is 299 g/mol. The number of hydrogen-bond acceptors (Lipinski definition) is 3. The summed E-state index contributed by atoms with van der Waals surface area (Å²) in [5.74, 6) is -0.141. The zero-order chi connectivity index (χ0) is 15.5. The second-order valence-electron chi connectivity index (χ2n) is 5.81. The molecule has 0 aliphatic carbocycles. The highest BCUT2D eigenvalue weighted by Crippen LogP contribution is 2.21. The quantitative estimate of drug-likeness (QED) is 0.912. The molecule has 0 saturated carbocycles. The van der Waals surface area contributed by atoms with Gasteiger partial charge < -0.3 is 10.1 Å². The van der Waals surface area contributed by atoms with Crippen molar-refractivity contribution in [2.45, 2.75) is 32.8 Å². The first-order valence-electron chi connectivity index (χ1n) is 7.66. The molecular weight excluding hydrogens is 278 g/mol. The molecule has 0 radical (unpaired) electrons. The van der Waals surface area contributed by atoms with Crippen LogP contribution in [0, 0.1) is 13.8 Å². The number of ether oxygens (including phenoxy) is 1. The van der Waals surface area contributed by atoms with Gasteiger partial charge >= 0.3 is 0 Å². The summed E-state index contributed by atoms with van der Waals surface area (Å²) in [6.45, 7) is 5.49. The molecule has 0 bridgehead atoms. The molecule has 2 N–H and O–H groups in total. The van der Waals surface area contributed by atoms with E-state index in [9.17, 15) is 4.79 Å². The van der Waals surface area contributed by atoms with Crippen LogP contribution in [0.15, 0.2) is 24.3 Å². The molecule has 0 spiro atoms. The van der Waals surface area contributed by atoms with Gasteiger partial charge in [0.15, 0.2) is 0 Å². The number of nitrogens with one attached hydrogen (secondary N) is 2. The van der Waals surface area contributed by atoms with E-state index < -0.39 is 0 Å². The molecule has 1 atom stereocenters. The van der Waals surface area contributed by atoms with Gasteiger partial charge in [-0.1, -0.05) is 12.1 Å². The minimum Gasteiger partial charge on any atom is -0.376 e. The van der Waals surface area contributed by atoms with E-state index in [1.54, 1.807) is 6.07 Å². The Hall–Kier alpha value is -2.14. The van der Waals surface area contributed by atoms with E-state index in [0.29, 0.717) is 12.2 Å². The third kappa shape index (κ3) is 3.20. The summed E-state index contributed by atoms with van der Waals surface area (Å²) < 4.78 is 5.50. The van der Waals surface area contributed by atoms with E-state index in [2.05, 4.69) is 41.5 Å². The highest BCUT2D eigenvalue weighted by molar-refractivity contribution is 5.93. The number of aryl methyl sites for hydroxylation is 2. The van der Waals surface area contributed by atoms with Gasteiger partial charge in [0.05, 0.1) is 11.8 Å². The summed E-state index contributed by atoms with van der Waals surface area (Å²) in [5, 5.41) is 9.94. The highest BCUT2D eigenvalue weighted by Gasteiger charge is 2.17. The largest absolute Gasteiger partial charge is 0.376 e. The van der Waals surface area contributed by atoms with Crippen LogP contribution in [-0.2, 0) is 4.74 Å². The molecule has 1 saturated heterocycles. The fourth-order valence-corrected chi connectivity index (χ4v) is 2.59. The SMILES string of the molecule is Cc1ccc(-c2cc(C(=O)NCC3CCCO3)[nH]n2)cc1C. The van der Waals surface area contributed by atoms with Crippen molar-refractivity contribution in [3.05, 3.63) is 41.1 Å². The summed E-state index contributed by atoms with van der Waals surface area (Å²) in [5.41, 5.74) is 4.73. The standard InChI is InChI=1S/C17H21N3O2/c1-11-5-6-13(8-12(11)2)15-9-16(20-19-15)17(21)18-10-14-4-3-7-22-14/h5-6,8-9,14H,3-4,7,10H2,1-2H3,(H,18,21)(H,19,20). The van der Waals surface area contributed by atoms with Gasteiger partial charge in [0.2, 0.25) is 0 Å². The van der Waals surface area contributed by atoms with E-state index in [0.717, 1.165) is 30.7 Å². The fraction of sp³-hybridized carbons (Fsp3) is 0.412. The maximum absolute atomic E-state index is 12.1. The normalized spacial score (nSPS) is 17.6. The summed E-state index contributed by atoms with van der Waals surface area (Å²) in [4.78, 5) is 12.1. The van der Waals surface area contributed by atoms with Gasteiger partial charge in [-0.15, -0.1) is 0 Å². The van der Waals surface area contributed by atoms with Gasteiger partial charge in [0.1, 0.15) is 5.69 Å². The van der Waals surface area contributed by atoms with Crippen LogP contribution in [0.3, 0.4) is 0 Å². The van der Waals surface area contributed by atoms with Crippen LogP contribution in [0.2, 0.25) is 0 Å². The van der Waals surface area contributed by atoms with E-state index in [1.165, 1.54) is 11.1 Å². The lowest BCUT2D eigenvalue weighted by atomic mass is 10.0. The maximum atomic E-state index is 12.1. The molecular formula is C17H21N3O2. The van der Waals surface area contributed by atoms with Crippen molar-refractivity contribution in [2.24, 2.45) is 0 Å². The average Bonchev–Trinajstić information content (AvgIpc) is 3.18. The Morgan fingerprint density at radius 1 is 1.36 bits per heavy atom. The molecule has 1 aromatic carbocycles. The molecule has 1 aromatic heterocycles. The molecule has 1 aliphatic heterocycles. The monoisotopic (exact) mass is 299 g/mol. The van der Waals surface area contributed by atoms with Crippen molar-refractivity contribution < 1.29 is 9.53 Å². The predicted octanol–water partition coefficient (Wildman–Crippen LogP) is 2.60. The number of H-pyrrole nitrogens is 1. The Morgan fingerprint density at radius 3 is 2.95 bits per heavy atom. The van der Waals surface area contributed by atoms with Gasteiger partial charge in [-0.2, -0.15) is 5.10 Å². The minimum atomic E-state index is -0.141. The molecule has 116 valence electrons. The molecule has 1 unspecified atom stereocenters. The van der Waals surface area contributed by atoms with E-state index in [1.807, 2.05) is 6.07 Å². The Bertz CT molecular complexity index is 672. The van der Waals surface area contributed by atoms with Crippen molar-refractivity contribution in [3.8, 4) is 11.3 Å². The van der Waals surface area contributed by atoms with Crippen LogP contribution in [-0.4, -0.2) is 35.4 Å². The van der Waals surface area contributed by atoms with Crippen molar-refractivity contribution in [1.82, 2.24) is 15.5 Å². The first kappa shape index (κ1) is 14.8. The smallest absolute Gasteiger partial charge is 0.269 e. The topological polar surface area (TPSA) is 67.0 Å². The zero-order valence-electron chi connectivity index (χ0n) is 13.0. The van der Waals surface area contributed by atoms with Crippen LogP contribution in [0.5, 0.6) is 0 Å². The van der Waals surface area contributed by atoms with Gasteiger partial charge in [-0.05, 0) is 49.9 Å². The predicted molar refractivity (Wildman–Crippen MR) is 84.8 cm³/mol. The van der Waals surface area contributed by atoms with Crippen molar-refractivity contribution in [3.63, 3.8) is 0 Å². The summed E-state index contributed by atoms with van der Waals surface area (Å²) in [7, 11) is 0. The second-order valence-corrected chi connectivity index (χ2v) is 5.81. The van der Waals surface area contributed by atoms with Gasteiger partial charge in [0.25, 0.3) is 5.91 Å². The highest BCUT2D eigenvalue weighted by atomic mass is 16.5. The number of nitrogens with zero attached hydrogens (tertiary/aromatic N) is 1. The van der Waals surface area contributed by atoms with Crippen LogP contribution in [0.4, 0.5) is 0 Å². The molecule has 2 aromatic rings. The van der Waals surface area contributed by atoms with Crippen molar-refractivity contribution in [1.29, 1.82) is 0 Å². The first-order valence-corrected chi connectivity index (χ1v) is 7.66. The van der Waals surface area contributed by atoms with Crippen molar-refractivity contribution in [2.75, 3.05) is 13.2 Å². The van der Waals surface area contributed by atoms with E-state index >= 15 is 0 Å². The lowest BCUT2D eigenvalue weighted by molar-refractivity contribution is 0.0853. The fourth-order valence-electron chi connectivity index (χ4n) is 2.59. The second kappa shape index (κ2) is 6.32. The summed E-state index contributed by atoms with van der Waals surface area (Å²) in [6.07, 6.45) is 2.23. The van der Waals surface area contributed by atoms with Gasteiger partial charge in [-0.3, -0.25) is 9.89 Å². The third-order valence-electron chi connectivity index (χ3n) is 4.14. The van der Waals surface area contributed by atoms with Crippen molar-refractivity contribution >= 4 is 5.91 Å². The molecule has 5 heteroatoms. The molecule has 22 heavy (non-hydrogen) atoms. The summed E-state index contributed by atoms with van der Waals surface area (Å²) >= 11 is 0. The summed E-state index contributed by atoms with van der Waals surface area (Å²) in [6, 6.07) is 7.96. The number of carbonyl (C=O) groups excluding carboxylic acids is 1. The molecule has 1 amide bonds. The van der Waals surface area contributed by atoms with Crippen LogP contribution in [0.25, 0.3) is 11.3 Å². The molecule has 2 heterocycles. The number of carbonyl (C=O) groups is 1. The van der Waals surface area contributed by atoms with E-state index in [4.69, 9.17) is 4.74 Å². The molecule has 5 nitrogen and oxygen atoms in total. The Labute approximate surface area is 130 Å². The van der Waals surface area contributed by atoms with Crippen LogP contribution in [0.1, 0.15) is 34.5 Å². The molecule has 3 rings (SSSR count). The zero-order valence-corrected chi connectivity index (χ0v) is 13.0. The van der Waals surface area contributed by atoms with Crippen LogP contribution >= 0.6 is 0 Å². The number of hydrogen-bond donors (Lipinski definition) is 2. The number of benzene rings is 1. The van der Waals surface area contributed by atoms with Gasteiger partial charge in [0, 0.05) is 18.7 Å². The maximum Gasteiger partial charge on any atom is 0.269 e. The molecule has 1 fully saturated rings. The lowest BCUT2D eigenvalue weighted by Crippen LogP contribution is -2.31. The first-order chi connectivity index (χ1) is 10.6. The van der Waals surface area contributed by atoms with E-state index in [-0.39, 0.29) is 12.0 Å².